The first-order chi connectivity index (χ1) is 9.18. The van der Waals surface area contributed by atoms with Gasteiger partial charge in [-0.1, -0.05) is 6.07 Å². The van der Waals surface area contributed by atoms with Gasteiger partial charge >= 0.3 is 0 Å². The molecule has 1 fully saturated rings. The zero-order valence-corrected chi connectivity index (χ0v) is 12.9. The molecule has 1 saturated heterocycles. The van der Waals surface area contributed by atoms with Gasteiger partial charge in [0.25, 0.3) is 0 Å². The highest BCUT2D eigenvalue weighted by atomic mass is 32.1. The second-order valence-electron chi connectivity index (χ2n) is 5.64. The number of hydrogen-bond donors (Lipinski definition) is 1. The van der Waals surface area contributed by atoms with Gasteiger partial charge in [-0.2, -0.15) is 0 Å². The standard InChI is InChI=1S/C15H26N2OS/c1-13(11-14-5-3-10-19-14)17(2)15(12-16)6-4-8-18-9-7-15/h3,5,10,13H,4,6-9,11-12,16H2,1-2H3. The van der Waals surface area contributed by atoms with Crippen molar-refractivity contribution in [1.82, 2.24) is 4.90 Å². The number of likely N-dealkylation sites (N-methyl/N-ethyl adjacent to an activating group) is 1. The Morgan fingerprint density at radius 1 is 1.47 bits per heavy atom. The quantitative estimate of drug-likeness (QED) is 0.902. The number of nitrogens with zero attached hydrogens (tertiary/aromatic N) is 1. The Kier molecular flexibility index (Phi) is 5.39. The Morgan fingerprint density at radius 3 is 3.00 bits per heavy atom. The van der Waals surface area contributed by atoms with Crippen LogP contribution in [0.25, 0.3) is 0 Å². The SMILES string of the molecule is CC(Cc1cccs1)N(C)C1(CN)CCCOCC1. The Balaban J connectivity index is 2.03. The van der Waals surface area contributed by atoms with Crippen molar-refractivity contribution in [3.63, 3.8) is 0 Å². The molecule has 0 radical (unpaired) electrons. The lowest BCUT2D eigenvalue weighted by Crippen LogP contribution is -2.56. The molecule has 19 heavy (non-hydrogen) atoms. The predicted molar refractivity (Wildman–Crippen MR) is 81.7 cm³/mol. The van der Waals surface area contributed by atoms with E-state index in [-0.39, 0.29) is 5.54 Å². The Hall–Kier alpha value is -0.420. The van der Waals surface area contributed by atoms with E-state index >= 15 is 0 Å². The van der Waals surface area contributed by atoms with Gasteiger partial charge in [-0.05, 0) is 51.1 Å². The van der Waals surface area contributed by atoms with Crippen molar-refractivity contribution in [2.24, 2.45) is 5.73 Å². The maximum atomic E-state index is 6.13. The molecule has 1 aliphatic rings. The highest BCUT2D eigenvalue weighted by Gasteiger charge is 2.36. The first-order valence-electron chi connectivity index (χ1n) is 7.21. The lowest BCUT2D eigenvalue weighted by molar-refractivity contribution is 0.0602. The number of rotatable bonds is 5. The van der Waals surface area contributed by atoms with Crippen LogP contribution in [-0.2, 0) is 11.2 Å². The molecule has 1 aromatic rings. The first kappa shape index (κ1) is 15.0. The number of thiophene rings is 1. The predicted octanol–water partition coefficient (Wildman–Crippen LogP) is 2.51. The van der Waals surface area contributed by atoms with E-state index in [4.69, 9.17) is 10.5 Å². The lowest BCUT2D eigenvalue weighted by atomic mass is 9.87. The van der Waals surface area contributed by atoms with Crippen LogP contribution in [-0.4, -0.2) is 43.3 Å². The summed E-state index contributed by atoms with van der Waals surface area (Å²) in [7, 11) is 2.23. The minimum Gasteiger partial charge on any atom is -0.381 e. The molecular weight excluding hydrogens is 256 g/mol. The summed E-state index contributed by atoms with van der Waals surface area (Å²) in [5.41, 5.74) is 6.24. The molecule has 108 valence electrons. The van der Waals surface area contributed by atoms with Gasteiger partial charge in [0.15, 0.2) is 0 Å². The monoisotopic (exact) mass is 282 g/mol. The Morgan fingerprint density at radius 2 is 2.32 bits per heavy atom. The molecule has 1 aromatic heterocycles. The summed E-state index contributed by atoms with van der Waals surface area (Å²) in [4.78, 5) is 3.96. The van der Waals surface area contributed by atoms with Gasteiger partial charge in [-0.3, -0.25) is 4.90 Å². The van der Waals surface area contributed by atoms with Gasteiger partial charge in [-0.15, -0.1) is 11.3 Å². The van der Waals surface area contributed by atoms with Crippen molar-refractivity contribution in [1.29, 1.82) is 0 Å². The summed E-state index contributed by atoms with van der Waals surface area (Å²) in [5, 5.41) is 2.15. The second kappa shape index (κ2) is 6.84. The average molecular weight is 282 g/mol. The molecule has 4 heteroatoms. The molecule has 0 aliphatic carbocycles. The molecule has 0 amide bonds. The van der Waals surface area contributed by atoms with Crippen LogP contribution in [0.4, 0.5) is 0 Å². The van der Waals surface area contributed by atoms with Gasteiger partial charge in [0, 0.05) is 36.2 Å². The molecule has 0 aromatic carbocycles. The van der Waals surface area contributed by atoms with E-state index in [2.05, 4.69) is 36.4 Å². The fourth-order valence-corrected chi connectivity index (χ4v) is 3.84. The molecule has 0 saturated carbocycles. The number of nitrogens with two attached hydrogens (primary N) is 1. The van der Waals surface area contributed by atoms with E-state index < -0.39 is 0 Å². The van der Waals surface area contributed by atoms with Crippen LogP contribution in [0.5, 0.6) is 0 Å². The fraction of sp³-hybridized carbons (Fsp3) is 0.733. The van der Waals surface area contributed by atoms with Crippen molar-refractivity contribution >= 4 is 11.3 Å². The maximum Gasteiger partial charge on any atom is 0.0484 e. The number of ether oxygens (including phenoxy) is 1. The zero-order chi connectivity index (χ0) is 13.7. The third-order valence-corrected chi connectivity index (χ3v) is 5.41. The molecule has 2 heterocycles. The molecule has 2 N–H and O–H groups in total. The van der Waals surface area contributed by atoms with Crippen molar-refractivity contribution in [3.05, 3.63) is 22.4 Å². The zero-order valence-electron chi connectivity index (χ0n) is 12.1. The van der Waals surface area contributed by atoms with Gasteiger partial charge in [0.2, 0.25) is 0 Å². The van der Waals surface area contributed by atoms with Gasteiger partial charge in [-0.25, -0.2) is 0 Å². The summed E-state index contributed by atoms with van der Waals surface area (Å²) >= 11 is 1.84. The molecule has 0 bridgehead atoms. The highest BCUT2D eigenvalue weighted by molar-refractivity contribution is 7.09. The van der Waals surface area contributed by atoms with E-state index in [0.29, 0.717) is 6.04 Å². The van der Waals surface area contributed by atoms with E-state index in [1.54, 1.807) is 0 Å². The van der Waals surface area contributed by atoms with Gasteiger partial charge in [0.1, 0.15) is 0 Å². The van der Waals surface area contributed by atoms with Crippen LogP contribution >= 0.6 is 11.3 Å². The molecule has 3 nitrogen and oxygen atoms in total. The van der Waals surface area contributed by atoms with Gasteiger partial charge < -0.3 is 10.5 Å². The van der Waals surface area contributed by atoms with Crippen LogP contribution in [0.3, 0.4) is 0 Å². The topological polar surface area (TPSA) is 38.5 Å². The van der Waals surface area contributed by atoms with Crippen molar-refractivity contribution in [3.8, 4) is 0 Å². The van der Waals surface area contributed by atoms with Crippen molar-refractivity contribution in [2.45, 2.75) is 44.2 Å². The third-order valence-electron chi connectivity index (χ3n) is 4.51. The smallest absolute Gasteiger partial charge is 0.0484 e. The summed E-state index contributed by atoms with van der Waals surface area (Å²) in [6.45, 7) is 4.76. The highest BCUT2D eigenvalue weighted by Crippen LogP contribution is 2.29. The second-order valence-corrected chi connectivity index (χ2v) is 6.67. The maximum absolute atomic E-state index is 6.13. The lowest BCUT2D eigenvalue weighted by Gasteiger charge is -2.44. The summed E-state index contributed by atoms with van der Waals surface area (Å²) in [6.07, 6.45) is 4.42. The fourth-order valence-electron chi connectivity index (χ4n) is 3.02. The first-order valence-corrected chi connectivity index (χ1v) is 8.09. The minimum absolute atomic E-state index is 0.118. The molecule has 0 spiro atoms. The minimum atomic E-state index is 0.118. The molecule has 1 aliphatic heterocycles. The van der Waals surface area contributed by atoms with E-state index in [1.165, 1.54) is 4.88 Å². The van der Waals surface area contributed by atoms with Crippen LogP contribution < -0.4 is 5.73 Å². The van der Waals surface area contributed by atoms with Crippen molar-refractivity contribution < 1.29 is 4.74 Å². The molecular formula is C15H26N2OS. The van der Waals surface area contributed by atoms with Crippen molar-refractivity contribution in [2.75, 3.05) is 26.8 Å². The van der Waals surface area contributed by atoms with Crippen LogP contribution in [0.1, 0.15) is 31.1 Å². The van der Waals surface area contributed by atoms with E-state index in [1.807, 2.05) is 11.3 Å². The molecule has 2 rings (SSSR count). The number of hydrogen-bond acceptors (Lipinski definition) is 4. The van der Waals surface area contributed by atoms with Crippen LogP contribution in [0.2, 0.25) is 0 Å². The largest absolute Gasteiger partial charge is 0.381 e. The van der Waals surface area contributed by atoms with Gasteiger partial charge in [0.05, 0.1) is 0 Å². The summed E-state index contributed by atoms with van der Waals surface area (Å²) < 4.78 is 5.61. The van der Waals surface area contributed by atoms with Crippen LogP contribution in [0.15, 0.2) is 17.5 Å². The Labute approximate surface area is 120 Å². The summed E-state index contributed by atoms with van der Waals surface area (Å²) in [6, 6.07) is 4.87. The Bertz CT molecular complexity index is 358. The molecule has 2 unspecified atom stereocenters. The summed E-state index contributed by atoms with van der Waals surface area (Å²) in [5.74, 6) is 0. The normalized spacial score (nSPS) is 26.3. The van der Waals surface area contributed by atoms with E-state index in [9.17, 15) is 0 Å². The third kappa shape index (κ3) is 3.57. The van der Waals surface area contributed by atoms with Crippen LogP contribution in [0, 0.1) is 0 Å². The average Bonchev–Trinajstić information content (AvgIpc) is 2.80. The van der Waals surface area contributed by atoms with E-state index in [0.717, 1.165) is 45.4 Å². The molecule has 2 atom stereocenters.